The van der Waals surface area contributed by atoms with E-state index in [-0.39, 0.29) is 23.8 Å². The number of para-hydroxylation sites is 1. The molecular weight excluding hydrogens is 352 g/mol. The molecule has 1 aliphatic heterocycles. The molecule has 0 radical (unpaired) electrons. The summed E-state index contributed by atoms with van der Waals surface area (Å²) in [6.45, 7) is 3.04. The highest BCUT2D eigenvalue weighted by atomic mass is 16.5. The second kappa shape index (κ2) is 8.91. The number of ether oxygens (including phenoxy) is 1. The number of likely N-dealkylation sites (tertiary alicyclic amines) is 1. The zero-order valence-electron chi connectivity index (χ0n) is 16.8. The lowest BCUT2D eigenvalue weighted by Gasteiger charge is -2.41. The van der Waals surface area contributed by atoms with Crippen LogP contribution < -0.4 is 4.74 Å². The molecule has 0 bridgehead atoms. The average molecular weight is 380 g/mol. The van der Waals surface area contributed by atoms with Crippen LogP contribution in [0.15, 0.2) is 54.6 Å². The first-order valence-electron chi connectivity index (χ1n) is 9.78. The van der Waals surface area contributed by atoms with E-state index in [9.17, 15) is 9.59 Å². The topological polar surface area (TPSA) is 49.9 Å². The van der Waals surface area contributed by atoms with Crippen molar-refractivity contribution < 1.29 is 14.3 Å². The van der Waals surface area contributed by atoms with Gasteiger partial charge in [-0.25, -0.2) is 0 Å². The van der Waals surface area contributed by atoms with Gasteiger partial charge in [-0.1, -0.05) is 48.5 Å². The number of hydrogen-bond acceptors (Lipinski definition) is 3. The second-order valence-corrected chi connectivity index (χ2v) is 7.19. The van der Waals surface area contributed by atoms with Crippen molar-refractivity contribution in [3.63, 3.8) is 0 Å². The van der Waals surface area contributed by atoms with Crippen LogP contribution in [0.4, 0.5) is 0 Å². The summed E-state index contributed by atoms with van der Waals surface area (Å²) in [5.74, 6) is 0.703. The van der Waals surface area contributed by atoms with Crippen molar-refractivity contribution in [3.8, 4) is 5.75 Å². The summed E-state index contributed by atoms with van der Waals surface area (Å²) >= 11 is 0. The summed E-state index contributed by atoms with van der Waals surface area (Å²) in [5, 5.41) is 0. The normalized spacial score (nSPS) is 19.4. The zero-order chi connectivity index (χ0) is 20.1. The molecule has 5 heteroatoms. The van der Waals surface area contributed by atoms with Gasteiger partial charge in [0.25, 0.3) is 0 Å². The molecule has 28 heavy (non-hydrogen) atoms. The van der Waals surface area contributed by atoms with E-state index in [1.54, 1.807) is 12.0 Å². The third-order valence-corrected chi connectivity index (χ3v) is 5.48. The monoisotopic (exact) mass is 380 g/mol. The van der Waals surface area contributed by atoms with Gasteiger partial charge in [-0.05, 0) is 25.0 Å². The van der Waals surface area contributed by atoms with E-state index in [2.05, 4.69) is 0 Å². The first kappa shape index (κ1) is 19.9. The number of carbonyl (C=O) groups is 2. The largest absolute Gasteiger partial charge is 0.496 e. The van der Waals surface area contributed by atoms with Crippen LogP contribution in [0.5, 0.6) is 5.75 Å². The van der Waals surface area contributed by atoms with Gasteiger partial charge in [0, 0.05) is 32.1 Å². The molecule has 5 nitrogen and oxygen atoms in total. The molecule has 0 unspecified atom stereocenters. The number of carbonyl (C=O) groups excluding carboxylic acids is 2. The summed E-state index contributed by atoms with van der Waals surface area (Å²) in [4.78, 5) is 29.5. The quantitative estimate of drug-likeness (QED) is 0.769. The molecule has 0 N–H and O–H groups in total. The van der Waals surface area contributed by atoms with Gasteiger partial charge in [0.15, 0.2) is 0 Å². The minimum absolute atomic E-state index is 0.0608. The molecule has 0 aromatic heterocycles. The first-order valence-corrected chi connectivity index (χ1v) is 9.78. The van der Waals surface area contributed by atoms with Crippen molar-refractivity contribution in [2.45, 2.75) is 32.4 Å². The lowest BCUT2D eigenvalue weighted by molar-refractivity contribution is -0.147. The van der Waals surface area contributed by atoms with E-state index in [0.717, 1.165) is 16.9 Å². The van der Waals surface area contributed by atoms with E-state index in [4.69, 9.17) is 4.74 Å². The lowest BCUT2D eigenvalue weighted by Crippen LogP contribution is -2.48. The Bertz CT molecular complexity index is 822. The first-order chi connectivity index (χ1) is 13.6. The highest BCUT2D eigenvalue weighted by molar-refractivity contribution is 5.85. The zero-order valence-corrected chi connectivity index (χ0v) is 16.8. The Morgan fingerprint density at radius 3 is 2.50 bits per heavy atom. The number of rotatable bonds is 6. The van der Waals surface area contributed by atoms with E-state index in [1.807, 2.05) is 73.5 Å². The van der Waals surface area contributed by atoms with Crippen molar-refractivity contribution >= 4 is 11.8 Å². The molecule has 0 spiro atoms. The Hall–Kier alpha value is -2.82. The van der Waals surface area contributed by atoms with Crippen LogP contribution in [0.3, 0.4) is 0 Å². The maximum atomic E-state index is 13.4. The molecule has 1 heterocycles. The Labute approximate surface area is 166 Å². The van der Waals surface area contributed by atoms with E-state index < -0.39 is 0 Å². The van der Waals surface area contributed by atoms with E-state index in [1.165, 1.54) is 0 Å². The molecule has 148 valence electrons. The molecular formula is C23H28N2O3. The Kier molecular flexibility index (Phi) is 6.34. The molecule has 0 aliphatic carbocycles. The highest BCUT2D eigenvalue weighted by Gasteiger charge is 2.40. The predicted molar refractivity (Wildman–Crippen MR) is 109 cm³/mol. The van der Waals surface area contributed by atoms with Crippen molar-refractivity contribution in [2.24, 2.45) is 5.92 Å². The van der Waals surface area contributed by atoms with Gasteiger partial charge in [-0.3, -0.25) is 9.59 Å². The Morgan fingerprint density at radius 1 is 1.14 bits per heavy atom. The van der Waals surface area contributed by atoms with Crippen LogP contribution in [0.1, 0.15) is 36.9 Å². The lowest BCUT2D eigenvalue weighted by atomic mass is 9.83. The predicted octanol–water partition coefficient (Wildman–Crippen LogP) is 3.65. The van der Waals surface area contributed by atoms with Crippen LogP contribution in [-0.2, 0) is 16.1 Å². The van der Waals surface area contributed by atoms with Gasteiger partial charge in [0.05, 0.1) is 19.1 Å². The molecule has 1 saturated heterocycles. The van der Waals surface area contributed by atoms with Gasteiger partial charge in [-0.15, -0.1) is 0 Å². The molecule has 2 amide bonds. The third kappa shape index (κ3) is 4.03. The van der Waals surface area contributed by atoms with Crippen LogP contribution in [0.2, 0.25) is 0 Å². The number of benzene rings is 2. The van der Waals surface area contributed by atoms with Crippen molar-refractivity contribution in [2.75, 3.05) is 20.7 Å². The molecule has 1 aliphatic rings. The standard InChI is InChI=1S/C23H28N2O3/c1-4-25-21(26)15-14-19(22(25)17-10-6-5-7-11-17)23(27)24(2)16-18-12-8-9-13-20(18)28-3/h5-13,19,22H,4,14-16H2,1-3H3/t19-,22+/m1/s1. The summed E-state index contributed by atoms with van der Waals surface area (Å²) in [7, 11) is 3.46. The van der Waals surface area contributed by atoms with Gasteiger partial charge >= 0.3 is 0 Å². The van der Waals surface area contributed by atoms with Crippen molar-refractivity contribution in [1.29, 1.82) is 0 Å². The average Bonchev–Trinajstić information content (AvgIpc) is 2.74. The molecule has 2 aromatic carbocycles. The summed E-state index contributed by atoms with van der Waals surface area (Å²) in [6, 6.07) is 17.4. The van der Waals surface area contributed by atoms with Gasteiger partial charge in [-0.2, -0.15) is 0 Å². The maximum Gasteiger partial charge on any atom is 0.228 e. The summed E-state index contributed by atoms with van der Waals surface area (Å²) in [6.07, 6.45) is 0.986. The number of hydrogen-bond donors (Lipinski definition) is 0. The minimum Gasteiger partial charge on any atom is -0.496 e. The van der Waals surface area contributed by atoms with Gasteiger partial charge in [0.2, 0.25) is 11.8 Å². The van der Waals surface area contributed by atoms with Crippen LogP contribution >= 0.6 is 0 Å². The summed E-state index contributed by atoms with van der Waals surface area (Å²) < 4.78 is 5.42. The molecule has 0 saturated carbocycles. The number of methoxy groups -OCH3 is 1. The van der Waals surface area contributed by atoms with Crippen LogP contribution in [-0.4, -0.2) is 42.3 Å². The van der Waals surface area contributed by atoms with Crippen molar-refractivity contribution in [1.82, 2.24) is 9.80 Å². The van der Waals surface area contributed by atoms with Gasteiger partial charge < -0.3 is 14.5 Å². The molecule has 2 aromatic rings. The number of amides is 2. The maximum absolute atomic E-state index is 13.4. The second-order valence-electron chi connectivity index (χ2n) is 7.19. The summed E-state index contributed by atoms with van der Waals surface area (Å²) in [5.41, 5.74) is 1.98. The molecule has 2 atom stereocenters. The fraction of sp³-hybridized carbons (Fsp3) is 0.391. The van der Waals surface area contributed by atoms with Crippen LogP contribution in [0.25, 0.3) is 0 Å². The van der Waals surface area contributed by atoms with E-state index in [0.29, 0.717) is 25.9 Å². The highest BCUT2D eigenvalue weighted by Crippen LogP contribution is 2.37. The minimum atomic E-state index is -0.250. The number of nitrogens with zero attached hydrogens (tertiary/aromatic N) is 2. The fourth-order valence-corrected chi connectivity index (χ4v) is 4.10. The number of piperidine rings is 1. The third-order valence-electron chi connectivity index (χ3n) is 5.48. The van der Waals surface area contributed by atoms with E-state index >= 15 is 0 Å². The van der Waals surface area contributed by atoms with Crippen molar-refractivity contribution in [3.05, 3.63) is 65.7 Å². The Balaban J connectivity index is 1.86. The SMILES string of the molecule is CCN1C(=O)CC[C@@H](C(=O)N(C)Cc2ccccc2OC)[C@@H]1c1ccccc1. The molecule has 3 rings (SSSR count). The molecule has 1 fully saturated rings. The van der Waals surface area contributed by atoms with Crippen LogP contribution in [0, 0.1) is 5.92 Å². The van der Waals surface area contributed by atoms with Gasteiger partial charge in [0.1, 0.15) is 5.75 Å². The Morgan fingerprint density at radius 2 is 1.82 bits per heavy atom. The smallest absolute Gasteiger partial charge is 0.228 e. The fourth-order valence-electron chi connectivity index (χ4n) is 4.10.